The van der Waals surface area contributed by atoms with E-state index in [4.69, 9.17) is 21.1 Å². The van der Waals surface area contributed by atoms with Gasteiger partial charge in [0.05, 0.1) is 10.7 Å². The van der Waals surface area contributed by atoms with Crippen molar-refractivity contribution in [2.45, 2.75) is 13.8 Å². The highest BCUT2D eigenvalue weighted by atomic mass is 35.5. The summed E-state index contributed by atoms with van der Waals surface area (Å²) in [7, 11) is 0. The van der Waals surface area contributed by atoms with E-state index in [9.17, 15) is 4.79 Å². The van der Waals surface area contributed by atoms with Gasteiger partial charge < -0.3 is 24.6 Å². The van der Waals surface area contributed by atoms with Crippen LogP contribution in [0.1, 0.15) is 11.1 Å². The number of urea groups is 1. The maximum atomic E-state index is 12.7. The zero-order chi connectivity index (χ0) is 19.0. The van der Waals surface area contributed by atoms with Crippen LogP contribution in [-0.2, 0) is 0 Å². The van der Waals surface area contributed by atoms with E-state index < -0.39 is 0 Å². The van der Waals surface area contributed by atoms with Crippen molar-refractivity contribution in [3.63, 3.8) is 0 Å². The number of carbonyl (C=O) groups is 1. The van der Waals surface area contributed by atoms with Crippen molar-refractivity contribution in [3.05, 3.63) is 46.5 Å². The molecule has 142 valence electrons. The van der Waals surface area contributed by atoms with Crippen LogP contribution in [0.3, 0.4) is 0 Å². The van der Waals surface area contributed by atoms with E-state index in [0.29, 0.717) is 23.8 Å². The van der Waals surface area contributed by atoms with Crippen molar-refractivity contribution in [2.24, 2.45) is 0 Å². The van der Waals surface area contributed by atoms with Gasteiger partial charge in [-0.25, -0.2) is 4.79 Å². The number of amides is 2. The first kappa shape index (κ1) is 17.8. The monoisotopic (exact) mass is 387 g/mol. The average Bonchev–Trinajstić information content (AvgIpc) is 3.12. The zero-order valence-corrected chi connectivity index (χ0v) is 16.2. The molecule has 6 nitrogen and oxygen atoms in total. The van der Waals surface area contributed by atoms with Crippen molar-refractivity contribution in [1.29, 1.82) is 0 Å². The first-order chi connectivity index (χ1) is 13.0. The number of halogens is 1. The fourth-order valence-corrected chi connectivity index (χ4v) is 3.88. The highest BCUT2D eigenvalue weighted by Crippen LogP contribution is 2.35. The molecule has 2 aromatic rings. The molecule has 1 saturated heterocycles. The normalized spacial score (nSPS) is 15.8. The summed E-state index contributed by atoms with van der Waals surface area (Å²) in [5.41, 5.74) is 3.81. The van der Waals surface area contributed by atoms with Gasteiger partial charge in [-0.3, -0.25) is 0 Å². The highest BCUT2D eigenvalue weighted by molar-refractivity contribution is 6.34. The lowest BCUT2D eigenvalue weighted by atomic mass is 10.1. The van der Waals surface area contributed by atoms with Crippen LogP contribution in [0, 0.1) is 13.8 Å². The Morgan fingerprint density at radius 1 is 1.04 bits per heavy atom. The molecule has 0 radical (unpaired) electrons. The molecule has 0 aliphatic carbocycles. The van der Waals surface area contributed by atoms with E-state index in [1.807, 2.05) is 49.1 Å². The average molecular weight is 388 g/mol. The molecular weight excluding hydrogens is 366 g/mol. The van der Waals surface area contributed by atoms with Gasteiger partial charge in [-0.15, -0.1) is 0 Å². The van der Waals surface area contributed by atoms with E-state index >= 15 is 0 Å². The summed E-state index contributed by atoms with van der Waals surface area (Å²) in [6.07, 6.45) is 0. The summed E-state index contributed by atoms with van der Waals surface area (Å²) >= 11 is 6.30. The lowest BCUT2D eigenvalue weighted by Gasteiger charge is -2.36. The van der Waals surface area contributed by atoms with Crippen LogP contribution < -0.4 is 19.7 Å². The fraction of sp³-hybridized carbons (Fsp3) is 0.350. The third kappa shape index (κ3) is 3.62. The van der Waals surface area contributed by atoms with Gasteiger partial charge in [0.25, 0.3) is 0 Å². The molecule has 0 atom stereocenters. The molecule has 2 amide bonds. The number of carbonyl (C=O) groups excluding carboxylic acids is 1. The molecule has 2 aliphatic heterocycles. The van der Waals surface area contributed by atoms with Crippen molar-refractivity contribution >= 4 is 29.0 Å². The van der Waals surface area contributed by atoms with Gasteiger partial charge >= 0.3 is 6.03 Å². The maximum absolute atomic E-state index is 12.7. The number of benzene rings is 2. The quantitative estimate of drug-likeness (QED) is 0.845. The zero-order valence-electron chi connectivity index (χ0n) is 15.4. The Balaban J connectivity index is 1.38. The number of hydrogen-bond acceptors (Lipinski definition) is 4. The third-order valence-electron chi connectivity index (χ3n) is 4.95. The van der Waals surface area contributed by atoms with Gasteiger partial charge in [-0.2, -0.15) is 0 Å². The largest absolute Gasteiger partial charge is 0.454 e. The van der Waals surface area contributed by atoms with Crippen molar-refractivity contribution in [1.82, 2.24) is 4.90 Å². The molecule has 7 heteroatoms. The van der Waals surface area contributed by atoms with Crippen LogP contribution in [0.25, 0.3) is 0 Å². The molecule has 0 unspecified atom stereocenters. The smallest absolute Gasteiger partial charge is 0.322 e. The van der Waals surface area contributed by atoms with E-state index in [0.717, 1.165) is 41.4 Å². The summed E-state index contributed by atoms with van der Waals surface area (Å²) in [6, 6.07) is 9.71. The predicted molar refractivity (Wildman–Crippen MR) is 106 cm³/mol. The van der Waals surface area contributed by atoms with Crippen LogP contribution in [0.15, 0.2) is 30.3 Å². The summed E-state index contributed by atoms with van der Waals surface area (Å²) in [4.78, 5) is 16.7. The van der Waals surface area contributed by atoms with E-state index in [2.05, 4.69) is 10.2 Å². The number of nitrogens with one attached hydrogen (secondary N) is 1. The van der Waals surface area contributed by atoms with Crippen LogP contribution in [0.4, 0.5) is 16.2 Å². The Morgan fingerprint density at radius 2 is 1.78 bits per heavy atom. The second-order valence-electron chi connectivity index (χ2n) is 6.88. The topological polar surface area (TPSA) is 54.0 Å². The Kier molecular flexibility index (Phi) is 4.74. The molecule has 4 rings (SSSR count). The van der Waals surface area contributed by atoms with Gasteiger partial charge in [0.2, 0.25) is 6.79 Å². The first-order valence-electron chi connectivity index (χ1n) is 8.98. The predicted octanol–water partition coefficient (Wildman–Crippen LogP) is 4.04. The summed E-state index contributed by atoms with van der Waals surface area (Å²) in [5, 5.41) is 3.53. The van der Waals surface area contributed by atoms with Gasteiger partial charge in [-0.1, -0.05) is 17.7 Å². The first-order valence-corrected chi connectivity index (χ1v) is 9.36. The number of rotatable bonds is 2. The Morgan fingerprint density at radius 3 is 2.52 bits per heavy atom. The number of anilines is 2. The number of ether oxygens (including phenoxy) is 2. The van der Waals surface area contributed by atoms with Crippen LogP contribution in [0.5, 0.6) is 11.5 Å². The second kappa shape index (κ2) is 7.19. The second-order valence-corrected chi connectivity index (χ2v) is 7.29. The molecule has 0 bridgehead atoms. The number of fused-ring (bicyclic) bond motifs is 1. The molecule has 2 heterocycles. The number of aryl methyl sites for hydroxylation is 2. The molecular formula is C20H22ClN3O3. The third-order valence-corrected chi connectivity index (χ3v) is 5.25. The molecule has 27 heavy (non-hydrogen) atoms. The van der Waals surface area contributed by atoms with E-state index in [1.165, 1.54) is 0 Å². The maximum Gasteiger partial charge on any atom is 0.322 e. The minimum atomic E-state index is -0.116. The highest BCUT2D eigenvalue weighted by Gasteiger charge is 2.24. The van der Waals surface area contributed by atoms with Crippen molar-refractivity contribution in [3.8, 4) is 11.5 Å². The SMILES string of the molecule is Cc1cc(C)c(NC(=O)N2CCN(c3ccc4c(c3)OCO4)CC2)c(Cl)c1. The number of hydrogen-bond donors (Lipinski definition) is 1. The van der Waals surface area contributed by atoms with Gasteiger partial charge in [0.15, 0.2) is 11.5 Å². The van der Waals surface area contributed by atoms with Gasteiger partial charge in [-0.05, 0) is 43.2 Å². The standard InChI is InChI=1S/C20H22ClN3O3/c1-13-9-14(2)19(16(21)10-13)22-20(25)24-7-5-23(6-8-24)15-3-4-17-18(11-15)27-12-26-17/h3-4,9-11H,5-8,12H2,1-2H3,(H,22,25). The van der Waals surface area contributed by atoms with E-state index in [-0.39, 0.29) is 12.8 Å². The molecule has 0 saturated carbocycles. The summed E-state index contributed by atoms with van der Waals surface area (Å²) in [6.45, 7) is 7.01. The number of piperazine rings is 1. The molecule has 2 aliphatic rings. The van der Waals surface area contributed by atoms with Crippen LogP contribution >= 0.6 is 11.6 Å². The molecule has 0 aromatic heterocycles. The van der Waals surface area contributed by atoms with Crippen molar-refractivity contribution < 1.29 is 14.3 Å². The minimum absolute atomic E-state index is 0.116. The van der Waals surface area contributed by atoms with E-state index in [1.54, 1.807) is 0 Å². The van der Waals surface area contributed by atoms with Gasteiger partial charge in [0.1, 0.15) is 0 Å². The number of nitrogens with zero attached hydrogens (tertiary/aromatic N) is 2. The molecule has 1 fully saturated rings. The Labute approximate surface area is 163 Å². The molecule has 2 aromatic carbocycles. The van der Waals surface area contributed by atoms with Crippen LogP contribution in [0.2, 0.25) is 5.02 Å². The minimum Gasteiger partial charge on any atom is -0.454 e. The molecule has 0 spiro atoms. The Hall–Kier alpha value is -2.60. The Bertz CT molecular complexity index is 856. The molecule has 1 N–H and O–H groups in total. The van der Waals surface area contributed by atoms with Crippen molar-refractivity contribution in [2.75, 3.05) is 43.2 Å². The van der Waals surface area contributed by atoms with Crippen LogP contribution in [-0.4, -0.2) is 43.9 Å². The fourth-order valence-electron chi connectivity index (χ4n) is 3.51. The van der Waals surface area contributed by atoms with Gasteiger partial charge in [0, 0.05) is 37.9 Å². The lowest BCUT2D eigenvalue weighted by Crippen LogP contribution is -2.50. The summed E-state index contributed by atoms with van der Waals surface area (Å²) < 4.78 is 10.8. The summed E-state index contributed by atoms with van der Waals surface area (Å²) in [5.74, 6) is 1.55. The lowest BCUT2D eigenvalue weighted by molar-refractivity contribution is 0.174.